The van der Waals surface area contributed by atoms with Gasteiger partial charge in [-0.05, 0) is 32.9 Å². The van der Waals surface area contributed by atoms with Crippen molar-refractivity contribution in [2.45, 2.75) is 33.0 Å². The van der Waals surface area contributed by atoms with E-state index in [0.717, 1.165) is 0 Å². The molecule has 78 valence electrons. The number of benzene rings is 1. The molecule has 0 N–H and O–H groups in total. The minimum Gasteiger partial charge on any atom is -0.371 e. The van der Waals surface area contributed by atoms with E-state index < -0.39 is 0 Å². The van der Waals surface area contributed by atoms with Crippen molar-refractivity contribution < 1.29 is 9.13 Å². The van der Waals surface area contributed by atoms with Crippen LogP contribution < -0.4 is 0 Å². The predicted molar refractivity (Wildman–Crippen MR) is 56.0 cm³/mol. The molecule has 14 heavy (non-hydrogen) atoms. The van der Waals surface area contributed by atoms with E-state index in [1.165, 1.54) is 6.07 Å². The average Bonchev–Trinajstić information content (AvgIpc) is 2.01. The van der Waals surface area contributed by atoms with Crippen LogP contribution in [0.1, 0.15) is 26.3 Å². The molecule has 3 heteroatoms. The van der Waals surface area contributed by atoms with Crippen LogP contribution in [0.5, 0.6) is 0 Å². The highest BCUT2D eigenvalue weighted by Gasteiger charge is 2.13. The molecule has 0 fully saturated rings. The Hall–Kier alpha value is -0.600. The van der Waals surface area contributed by atoms with E-state index in [1.54, 1.807) is 12.1 Å². The van der Waals surface area contributed by atoms with E-state index in [2.05, 4.69) is 0 Å². The van der Waals surface area contributed by atoms with E-state index >= 15 is 0 Å². The Labute approximate surface area is 88.8 Å². The zero-order chi connectivity index (χ0) is 10.8. The third-order valence-electron chi connectivity index (χ3n) is 1.71. The molecule has 0 atom stereocenters. The van der Waals surface area contributed by atoms with Gasteiger partial charge in [-0.15, -0.1) is 0 Å². The maximum atomic E-state index is 13.3. The van der Waals surface area contributed by atoms with Gasteiger partial charge in [0.2, 0.25) is 0 Å². The number of hydrogen-bond donors (Lipinski definition) is 0. The minimum absolute atomic E-state index is 0.203. The van der Waals surface area contributed by atoms with Gasteiger partial charge in [-0.2, -0.15) is 0 Å². The molecule has 0 unspecified atom stereocenters. The molecule has 1 aromatic rings. The number of halogens is 2. The average molecular weight is 217 g/mol. The normalized spacial score (nSPS) is 11.8. The van der Waals surface area contributed by atoms with E-state index in [4.69, 9.17) is 16.3 Å². The lowest BCUT2D eigenvalue weighted by atomic mass is 10.2. The maximum absolute atomic E-state index is 13.3. The Bertz CT molecular complexity index is 297. The molecule has 0 aliphatic rings. The van der Waals surface area contributed by atoms with Crippen molar-refractivity contribution in [1.29, 1.82) is 0 Å². The van der Waals surface area contributed by atoms with Crippen LogP contribution in [0.3, 0.4) is 0 Å². The molecule has 1 aromatic carbocycles. The van der Waals surface area contributed by atoms with Crippen molar-refractivity contribution in [3.05, 3.63) is 34.6 Å². The van der Waals surface area contributed by atoms with Crippen LogP contribution in [0, 0.1) is 5.82 Å². The van der Waals surface area contributed by atoms with Crippen LogP contribution in [0.2, 0.25) is 5.02 Å². The molecule has 0 amide bonds. The summed E-state index contributed by atoms with van der Waals surface area (Å²) >= 11 is 5.84. The number of rotatable bonds is 2. The van der Waals surface area contributed by atoms with E-state index in [9.17, 15) is 4.39 Å². The first-order valence-corrected chi connectivity index (χ1v) is 4.85. The third-order valence-corrected chi connectivity index (χ3v) is 2.07. The predicted octanol–water partition coefficient (Wildman–Crippen LogP) is 3.79. The standard InChI is InChI=1S/C11H14ClFO/c1-11(2,3)14-7-8-9(12)5-4-6-10(8)13/h4-6H,7H2,1-3H3. The summed E-state index contributed by atoms with van der Waals surface area (Å²) in [5.74, 6) is -0.318. The quantitative estimate of drug-likeness (QED) is 0.731. The highest BCUT2D eigenvalue weighted by atomic mass is 35.5. The molecule has 0 radical (unpaired) electrons. The van der Waals surface area contributed by atoms with Crippen LogP contribution >= 0.6 is 11.6 Å². The number of ether oxygens (including phenoxy) is 1. The maximum Gasteiger partial charge on any atom is 0.130 e. The Balaban J connectivity index is 2.77. The van der Waals surface area contributed by atoms with Gasteiger partial charge < -0.3 is 4.74 Å². The Morgan fingerprint density at radius 3 is 2.50 bits per heavy atom. The molecule has 0 saturated carbocycles. The Morgan fingerprint density at radius 1 is 1.36 bits per heavy atom. The number of hydrogen-bond acceptors (Lipinski definition) is 1. The largest absolute Gasteiger partial charge is 0.371 e. The molecule has 1 rings (SSSR count). The zero-order valence-electron chi connectivity index (χ0n) is 8.60. The van der Waals surface area contributed by atoms with Crippen LogP contribution in [0.25, 0.3) is 0 Å². The zero-order valence-corrected chi connectivity index (χ0v) is 9.36. The lowest BCUT2D eigenvalue weighted by Crippen LogP contribution is -2.19. The summed E-state index contributed by atoms with van der Waals surface area (Å²) in [4.78, 5) is 0. The van der Waals surface area contributed by atoms with Crippen molar-refractivity contribution >= 4 is 11.6 Å². The second kappa shape index (κ2) is 4.28. The van der Waals surface area contributed by atoms with Crippen molar-refractivity contribution in [3.63, 3.8) is 0 Å². The summed E-state index contributed by atoms with van der Waals surface area (Å²) in [5.41, 5.74) is 0.134. The SMILES string of the molecule is CC(C)(C)OCc1c(F)cccc1Cl. The second-order valence-electron chi connectivity index (χ2n) is 4.10. The first kappa shape index (κ1) is 11.5. The van der Waals surface area contributed by atoms with E-state index in [0.29, 0.717) is 10.6 Å². The lowest BCUT2D eigenvalue weighted by Gasteiger charge is -2.20. The van der Waals surface area contributed by atoms with Crippen LogP contribution in [-0.2, 0) is 11.3 Å². The fraction of sp³-hybridized carbons (Fsp3) is 0.455. The van der Waals surface area contributed by atoms with E-state index in [-0.39, 0.29) is 18.0 Å². The van der Waals surface area contributed by atoms with Crippen LogP contribution in [0.15, 0.2) is 18.2 Å². The fourth-order valence-corrected chi connectivity index (χ4v) is 1.18. The van der Waals surface area contributed by atoms with Crippen LogP contribution in [0.4, 0.5) is 4.39 Å². The monoisotopic (exact) mass is 216 g/mol. The van der Waals surface area contributed by atoms with Gasteiger partial charge >= 0.3 is 0 Å². The fourth-order valence-electron chi connectivity index (χ4n) is 0.959. The van der Waals surface area contributed by atoms with Gasteiger partial charge in [0.25, 0.3) is 0 Å². The molecule has 0 aliphatic carbocycles. The molecular weight excluding hydrogens is 203 g/mol. The lowest BCUT2D eigenvalue weighted by molar-refractivity contribution is -0.0160. The highest BCUT2D eigenvalue weighted by Crippen LogP contribution is 2.21. The highest BCUT2D eigenvalue weighted by molar-refractivity contribution is 6.31. The van der Waals surface area contributed by atoms with Crippen LogP contribution in [-0.4, -0.2) is 5.60 Å². The second-order valence-corrected chi connectivity index (χ2v) is 4.51. The molecule has 0 spiro atoms. The van der Waals surface area contributed by atoms with Gasteiger partial charge in [-0.1, -0.05) is 17.7 Å². The van der Waals surface area contributed by atoms with Gasteiger partial charge in [0.05, 0.1) is 12.2 Å². The minimum atomic E-state index is -0.318. The topological polar surface area (TPSA) is 9.23 Å². The molecule has 0 saturated heterocycles. The smallest absolute Gasteiger partial charge is 0.130 e. The summed E-state index contributed by atoms with van der Waals surface area (Å²) < 4.78 is 18.7. The molecule has 0 heterocycles. The third kappa shape index (κ3) is 3.28. The molecule has 0 aliphatic heterocycles. The van der Waals surface area contributed by atoms with E-state index in [1.807, 2.05) is 20.8 Å². The molecule has 0 aromatic heterocycles. The van der Waals surface area contributed by atoms with Gasteiger partial charge in [0, 0.05) is 10.6 Å². The van der Waals surface area contributed by atoms with Gasteiger partial charge in [-0.3, -0.25) is 0 Å². The molecular formula is C11H14ClFO. The van der Waals surface area contributed by atoms with Gasteiger partial charge in [0.15, 0.2) is 0 Å². The van der Waals surface area contributed by atoms with Gasteiger partial charge in [-0.25, -0.2) is 4.39 Å². The van der Waals surface area contributed by atoms with Gasteiger partial charge in [0.1, 0.15) is 5.82 Å². The Kier molecular flexibility index (Phi) is 3.51. The summed E-state index contributed by atoms with van der Waals surface area (Å²) in [7, 11) is 0. The van der Waals surface area contributed by atoms with Crippen molar-refractivity contribution in [2.75, 3.05) is 0 Å². The summed E-state index contributed by atoms with van der Waals surface area (Å²) in [6.45, 7) is 5.96. The van der Waals surface area contributed by atoms with Crippen molar-refractivity contribution in [1.82, 2.24) is 0 Å². The first-order chi connectivity index (χ1) is 6.40. The van der Waals surface area contributed by atoms with Crippen molar-refractivity contribution in [2.24, 2.45) is 0 Å². The summed E-state index contributed by atoms with van der Waals surface area (Å²) in [6.07, 6.45) is 0. The summed E-state index contributed by atoms with van der Waals surface area (Å²) in [5, 5.41) is 0.411. The molecule has 0 bridgehead atoms. The Morgan fingerprint density at radius 2 is 2.00 bits per heavy atom. The summed E-state index contributed by atoms with van der Waals surface area (Å²) in [6, 6.07) is 4.62. The van der Waals surface area contributed by atoms with Crippen molar-refractivity contribution in [3.8, 4) is 0 Å². The molecule has 1 nitrogen and oxygen atoms in total. The first-order valence-electron chi connectivity index (χ1n) is 4.47.